The molecule has 0 amide bonds. The molecule has 0 heterocycles. The van der Waals surface area contributed by atoms with Gasteiger partial charge in [0, 0.05) is 18.1 Å². The summed E-state index contributed by atoms with van der Waals surface area (Å²) < 4.78 is 10.8. The van der Waals surface area contributed by atoms with Gasteiger partial charge in [-0.25, -0.2) is 4.79 Å². The Kier molecular flexibility index (Phi) is 5.52. The number of ether oxygens (including phenoxy) is 2. The number of methoxy groups -OCH3 is 1. The molecule has 0 bridgehead atoms. The van der Waals surface area contributed by atoms with E-state index in [-0.39, 0.29) is 12.4 Å². The lowest BCUT2D eigenvalue weighted by molar-refractivity contribution is -0.131. The third kappa shape index (κ3) is 3.83. The van der Waals surface area contributed by atoms with Crippen LogP contribution in [0.5, 0.6) is 5.75 Å². The lowest BCUT2D eigenvalue weighted by atomic mass is 9.92. The van der Waals surface area contributed by atoms with Crippen LogP contribution in [0, 0.1) is 6.92 Å². The minimum atomic E-state index is -1.48. The Morgan fingerprint density at radius 1 is 1.04 bits per heavy atom. The predicted octanol–water partition coefficient (Wildman–Crippen LogP) is 3.99. The maximum absolute atomic E-state index is 12.2. The van der Waals surface area contributed by atoms with E-state index in [1.54, 1.807) is 19.1 Å². The zero-order valence-electron chi connectivity index (χ0n) is 15.2. The first-order valence-electron chi connectivity index (χ1n) is 8.51. The number of carboxylic acids is 1. The lowest BCUT2D eigenvalue weighted by Crippen LogP contribution is -2.14. The summed E-state index contributed by atoms with van der Waals surface area (Å²) in [5, 5.41) is 10.5. The highest BCUT2D eigenvalue weighted by atomic mass is 16.7. The molecule has 3 rings (SSSR count). The van der Waals surface area contributed by atoms with Gasteiger partial charge in [0.25, 0.3) is 5.78 Å². The Balaban J connectivity index is 2.26. The van der Waals surface area contributed by atoms with E-state index in [0.717, 1.165) is 16.5 Å². The number of aryl methyl sites for hydroxylation is 1. The number of benzene rings is 3. The van der Waals surface area contributed by atoms with E-state index in [0.29, 0.717) is 23.1 Å². The molecule has 0 unspecified atom stereocenters. The summed E-state index contributed by atoms with van der Waals surface area (Å²) in [7, 11) is 1.53. The highest BCUT2D eigenvalue weighted by Crippen LogP contribution is 2.36. The molecular weight excluding hydrogens is 344 g/mol. The zero-order valence-corrected chi connectivity index (χ0v) is 15.2. The summed E-state index contributed by atoms with van der Waals surface area (Å²) in [6.07, 6.45) is 0.631. The molecule has 1 N–H and O–H groups in total. The van der Waals surface area contributed by atoms with Crippen LogP contribution in [0.1, 0.15) is 27.0 Å². The summed E-state index contributed by atoms with van der Waals surface area (Å²) in [6, 6.07) is 17.0. The van der Waals surface area contributed by atoms with Crippen LogP contribution >= 0.6 is 0 Å². The fourth-order valence-electron chi connectivity index (χ4n) is 3.22. The van der Waals surface area contributed by atoms with E-state index in [1.807, 2.05) is 42.5 Å². The Hall–Kier alpha value is -3.18. The first-order chi connectivity index (χ1) is 13.0. The molecule has 0 aliphatic heterocycles. The number of hydrogen-bond acceptors (Lipinski definition) is 4. The van der Waals surface area contributed by atoms with Crippen molar-refractivity contribution in [2.75, 3.05) is 13.9 Å². The molecular formula is C22H20O5. The van der Waals surface area contributed by atoms with Crippen molar-refractivity contribution in [1.82, 2.24) is 0 Å². The van der Waals surface area contributed by atoms with Gasteiger partial charge < -0.3 is 14.6 Å². The molecule has 5 nitrogen and oxygen atoms in total. The van der Waals surface area contributed by atoms with Crippen molar-refractivity contribution in [1.29, 1.82) is 0 Å². The summed E-state index contributed by atoms with van der Waals surface area (Å²) in [5.74, 6) is -1.81. The number of carbonyl (C=O) groups excluding carboxylic acids is 1. The van der Waals surface area contributed by atoms with Crippen LogP contribution in [0.3, 0.4) is 0 Å². The number of hydrogen-bond donors (Lipinski definition) is 1. The van der Waals surface area contributed by atoms with E-state index in [9.17, 15) is 14.7 Å². The van der Waals surface area contributed by atoms with E-state index >= 15 is 0 Å². The van der Waals surface area contributed by atoms with Gasteiger partial charge in [0.05, 0.1) is 0 Å². The molecule has 0 radical (unpaired) electrons. The second-order valence-electron chi connectivity index (χ2n) is 6.26. The molecule has 3 aromatic carbocycles. The van der Waals surface area contributed by atoms with E-state index < -0.39 is 11.8 Å². The second kappa shape index (κ2) is 8.01. The van der Waals surface area contributed by atoms with Gasteiger partial charge in [-0.3, -0.25) is 4.79 Å². The summed E-state index contributed by atoms with van der Waals surface area (Å²) in [6.45, 7) is 1.85. The Bertz CT molecular complexity index is 993. The van der Waals surface area contributed by atoms with E-state index in [1.165, 1.54) is 7.11 Å². The summed E-state index contributed by atoms with van der Waals surface area (Å²) in [5.41, 5.74) is 2.91. The Morgan fingerprint density at radius 2 is 1.78 bits per heavy atom. The average Bonchev–Trinajstić information content (AvgIpc) is 2.67. The topological polar surface area (TPSA) is 72.8 Å². The third-order valence-corrected chi connectivity index (χ3v) is 4.38. The highest BCUT2D eigenvalue weighted by molar-refractivity contribution is 6.42. The molecule has 138 valence electrons. The van der Waals surface area contributed by atoms with E-state index in [4.69, 9.17) is 9.47 Å². The fourth-order valence-corrected chi connectivity index (χ4v) is 3.22. The van der Waals surface area contributed by atoms with Crippen molar-refractivity contribution in [3.63, 3.8) is 0 Å². The SMILES string of the molecule is COCOc1c(C)cc(C(=O)C(=O)O)c2cccc(Cc3ccccc3)c12. The van der Waals surface area contributed by atoms with Crippen LogP contribution in [-0.4, -0.2) is 30.8 Å². The molecule has 0 saturated carbocycles. The van der Waals surface area contributed by atoms with Gasteiger partial charge >= 0.3 is 5.97 Å². The molecule has 0 aromatic heterocycles. The standard InChI is InChI=1S/C22H20O5/c1-14-11-18(20(23)22(24)25)17-10-6-9-16(12-15-7-4-3-5-8-15)19(17)21(14)27-13-26-2/h3-11H,12-13H2,1-2H3,(H,24,25). The van der Waals surface area contributed by atoms with Gasteiger partial charge in [-0.15, -0.1) is 0 Å². The smallest absolute Gasteiger partial charge is 0.377 e. The van der Waals surface area contributed by atoms with Crippen molar-refractivity contribution >= 4 is 22.5 Å². The number of fused-ring (bicyclic) bond motifs is 1. The monoisotopic (exact) mass is 364 g/mol. The van der Waals surface area contributed by atoms with Crippen molar-refractivity contribution in [3.05, 3.63) is 76.9 Å². The molecule has 0 atom stereocenters. The van der Waals surface area contributed by atoms with Crippen molar-refractivity contribution < 1.29 is 24.2 Å². The number of rotatable bonds is 7. The first-order valence-corrected chi connectivity index (χ1v) is 8.51. The third-order valence-electron chi connectivity index (χ3n) is 4.38. The molecule has 5 heteroatoms. The Morgan fingerprint density at radius 3 is 2.44 bits per heavy atom. The summed E-state index contributed by atoms with van der Waals surface area (Å²) in [4.78, 5) is 23.5. The largest absolute Gasteiger partial charge is 0.475 e. The molecule has 0 fully saturated rings. The first kappa shape index (κ1) is 18.6. The minimum absolute atomic E-state index is 0.0574. The number of aliphatic carboxylic acids is 1. The quantitative estimate of drug-likeness (QED) is 0.390. The second-order valence-corrected chi connectivity index (χ2v) is 6.26. The minimum Gasteiger partial charge on any atom is -0.475 e. The molecule has 3 aromatic rings. The predicted molar refractivity (Wildman–Crippen MR) is 102 cm³/mol. The van der Waals surface area contributed by atoms with Crippen molar-refractivity contribution in [2.45, 2.75) is 13.3 Å². The molecule has 0 aliphatic carbocycles. The van der Waals surface area contributed by atoms with Crippen molar-refractivity contribution in [3.8, 4) is 5.75 Å². The highest BCUT2D eigenvalue weighted by Gasteiger charge is 2.22. The van der Waals surface area contributed by atoms with Gasteiger partial charge in [0.1, 0.15) is 5.75 Å². The number of carbonyl (C=O) groups is 2. The zero-order chi connectivity index (χ0) is 19.4. The molecule has 0 saturated heterocycles. The fraction of sp³-hybridized carbons (Fsp3) is 0.182. The van der Waals surface area contributed by atoms with Crippen LogP contribution in [-0.2, 0) is 16.0 Å². The van der Waals surface area contributed by atoms with E-state index in [2.05, 4.69) is 0 Å². The van der Waals surface area contributed by atoms with Crippen LogP contribution in [0.4, 0.5) is 0 Å². The normalized spacial score (nSPS) is 10.7. The maximum Gasteiger partial charge on any atom is 0.377 e. The van der Waals surface area contributed by atoms with Gasteiger partial charge in [-0.2, -0.15) is 0 Å². The molecule has 27 heavy (non-hydrogen) atoms. The van der Waals surface area contributed by atoms with Gasteiger partial charge in [0.15, 0.2) is 6.79 Å². The van der Waals surface area contributed by atoms with Crippen LogP contribution in [0.2, 0.25) is 0 Å². The number of Topliss-reactive ketones (excluding diaryl/α,β-unsaturated/α-hetero) is 1. The van der Waals surface area contributed by atoms with Crippen LogP contribution in [0.25, 0.3) is 10.8 Å². The summed E-state index contributed by atoms with van der Waals surface area (Å²) >= 11 is 0. The van der Waals surface area contributed by atoms with Gasteiger partial charge in [0.2, 0.25) is 0 Å². The maximum atomic E-state index is 12.2. The van der Waals surface area contributed by atoms with Crippen LogP contribution in [0.15, 0.2) is 54.6 Å². The van der Waals surface area contributed by atoms with Crippen LogP contribution < -0.4 is 4.74 Å². The lowest BCUT2D eigenvalue weighted by Gasteiger charge is -2.17. The molecule has 0 spiro atoms. The Labute approximate surface area is 157 Å². The molecule has 0 aliphatic rings. The average molecular weight is 364 g/mol. The number of carboxylic acid groups (broad SMARTS) is 1. The van der Waals surface area contributed by atoms with Gasteiger partial charge in [-0.05, 0) is 41.5 Å². The van der Waals surface area contributed by atoms with Crippen molar-refractivity contribution in [2.24, 2.45) is 0 Å². The van der Waals surface area contributed by atoms with Gasteiger partial charge in [-0.1, -0.05) is 48.5 Å². The number of ketones is 1.